The smallest absolute Gasteiger partial charge is 0.252 e. The monoisotopic (exact) mass is 290 g/mol. The van der Waals surface area contributed by atoms with E-state index in [-0.39, 0.29) is 10.9 Å². The third kappa shape index (κ3) is 4.50. The Morgan fingerprint density at radius 2 is 2.12 bits per heavy atom. The lowest BCUT2D eigenvalue weighted by Gasteiger charge is -2.07. The minimum absolute atomic E-state index is 0.250. The molecule has 1 aromatic carbocycles. The number of thiocarbonyl (C=S) groups is 1. The van der Waals surface area contributed by atoms with Crippen LogP contribution in [0.15, 0.2) is 18.2 Å². The number of hydrogen-bond acceptors (Lipinski definition) is 2. The lowest BCUT2D eigenvalue weighted by molar-refractivity contribution is 0.0953. The van der Waals surface area contributed by atoms with E-state index in [4.69, 9.17) is 41.2 Å². The third-order valence-electron chi connectivity index (χ3n) is 2.08. The topological polar surface area (TPSA) is 55.1 Å². The van der Waals surface area contributed by atoms with Gasteiger partial charge >= 0.3 is 0 Å². The second-order valence-electron chi connectivity index (χ2n) is 3.43. The molecule has 0 radical (unpaired) electrons. The maximum Gasteiger partial charge on any atom is 0.252 e. The van der Waals surface area contributed by atoms with Gasteiger partial charge in [-0.1, -0.05) is 41.5 Å². The summed E-state index contributed by atoms with van der Waals surface area (Å²) in [6.07, 6.45) is 1.32. The van der Waals surface area contributed by atoms with Crippen molar-refractivity contribution in [3.63, 3.8) is 0 Å². The molecule has 0 bridgehead atoms. The average Bonchev–Trinajstić information content (AvgIpc) is 2.27. The lowest BCUT2D eigenvalue weighted by Crippen LogP contribution is -2.25. The molecule has 0 fully saturated rings. The molecule has 0 aliphatic carbocycles. The van der Waals surface area contributed by atoms with Crippen molar-refractivity contribution < 1.29 is 4.79 Å². The highest BCUT2D eigenvalue weighted by molar-refractivity contribution is 7.80. The first-order valence-electron chi connectivity index (χ1n) is 5.03. The second-order valence-corrected chi connectivity index (χ2v) is 4.74. The normalized spacial score (nSPS) is 10.0. The number of nitrogens with one attached hydrogen (secondary N) is 1. The maximum atomic E-state index is 11.7. The van der Waals surface area contributed by atoms with Gasteiger partial charge in [0, 0.05) is 6.54 Å². The zero-order valence-corrected chi connectivity index (χ0v) is 11.3. The number of halogens is 2. The Balaban J connectivity index is 2.53. The van der Waals surface area contributed by atoms with Crippen LogP contribution in [-0.4, -0.2) is 17.4 Å². The van der Waals surface area contributed by atoms with E-state index < -0.39 is 0 Å². The molecule has 3 nitrogen and oxygen atoms in total. The van der Waals surface area contributed by atoms with Gasteiger partial charge in [0.05, 0.1) is 20.6 Å². The molecule has 92 valence electrons. The molecule has 0 aliphatic heterocycles. The first kappa shape index (κ1) is 14.2. The number of carbonyl (C=O) groups is 1. The van der Waals surface area contributed by atoms with Crippen molar-refractivity contribution in [1.29, 1.82) is 0 Å². The van der Waals surface area contributed by atoms with Gasteiger partial charge < -0.3 is 11.1 Å². The van der Waals surface area contributed by atoms with E-state index in [9.17, 15) is 4.79 Å². The Morgan fingerprint density at radius 3 is 2.76 bits per heavy atom. The fourth-order valence-corrected chi connectivity index (χ4v) is 1.77. The van der Waals surface area contributed by atoms with Gasteiger partial charge in [0.1, 0.15) is 0 Å². The quantitative estimate of drug-likeness (QED) is 0.648. The van der Waals surface area contributed by atoms with Crippen molar-refractivity contribution in [2.45, 2.75) is 12.8 Å². The van der Waals surface area contributed by atoms with Crippen LogP contribution in [0.3, 0.4) is 0 Å². The zero-order valence-electron chi connectivity index (χ0n) is 9.00. The molecule has 0 spiro atoms. The van der Waals surface area contributed by atoms with Crippen LogP contribution < -0.4 is 11.1 Å². The highest BCUT2D eigenvalue weighted by Crippen LogP contribution is 2.25. The first-order valence-corrected chi connectivity index (χ1v) is 6.19. The fraction of sp³-hybridized carbons (Fsp3) is 0.273. The number of hydrogen-bond donors (Lipinski definition) is 2. The van der Waals surface area contributed by atoms with Crippen LogP contribution in [0.5, 0.6) is 0 Å². The lowest BCUT2D eigenvalue weighted by atomic mass is 10.2. The number of rotatable bonds is 5. The summed E-state index contributed by atoms with van der Waals surface area (Å²) in [6, 6.07) is 4.93. The minimum atomic E-state index is -0.250. The van der Waals surface area contributed by atoms with Gasteiger partial charge in [-0.15, -0.1) is 0 Å². The van der Waals surface area contributed by atoms with Crippen molar-refractivity contribution in [3.05, 3.63) is 33.8 Å². The van der Waals surface area contributed by atoms with Crippen molar-refractivity contribution in [3.8, 4) is 0 Å². The van der Waals surface area contributed by atoms with Crippen LogP contribution in [0.1, 0.15) is 23.2 Å². The number of nitrogens with two attached hydrogens (primary N) is 1. The first-order chi connectivity index (χ1) is 8.02. The van der Waals surface area contributed by atoms with Crippen molar-refractivity contribution in [2.24, 2.45) is 5.73 Å². The Labute approximate surface area is 115 Å². The third-order valence-corrected chi connectivity index (χ3v) is 3.10. The number of amides is 1. The van der Waals surface area contributed by atoms with Crippen molar-refractivity contribution >= 4 is 46.3 Å². The van der Waals surface area contributed by atoms with E-state index in [2.05, 4.69) is 5.32 Å². The van der Waals surface area contributed by atoms with Gasteiger partial charge in [0.25, 0.3) is 5.91 Å². The molecule has 1 aromatic rings. The highest BCUT2D eigenvalue weighted by Gasteiger charge is 2.11. The Kier molecular flexibility index (Phi) is 5.68. The minimum Gasteiger partial charge on any atom is -0.393 e. The highest BCUT2D eigenvalue weighted by atomic mass is 35.5. The van der Waals surface area contributed by atoms with Gasteiger partial charge in [-0.25, -0.2) is 0 Å². The van der Waals surface area contributed by atoms with Crippen LogP contribution in [0, 0.1) is 0 Å². The summed E-state index contributed by atoms with van der Waals surface area (Å²) in [5.41, 5.74) is 5.71. The molecule has 3 N–H and O–H groups in total. The molecule has 0 aliphatic rings. The molecule has 1 amide bonds. The predicted octanol–water partition coefficient (Wildman–Crippen LogP) is 2.79. The van der Waals surface area contributed by atoms with Gasteiger partial charge in [0.2, 0.25) is 0 Å². The largest absolute Gasteiger partial charge is 0.393 e. The Bertz CT molecular complexity index is 437. The van der Waals surface area contributed by atoms with Crippen LogP contribution in [-0.2, 0) is 0 Å². The summed E-state index contributed by atoms with van der Waals surface area (Å²) < 4.78 is 0. The maximum absolute atomic E-state index is 11.7. The summed E-state index contributed by atoms with van der Waals surface area (Å²) in [5.74, 6) is -0.250. The molecule has 0 unspecified atom stereocenters. The molecule has 0 saturated carbocycles. The Hall–Kier alpha value is -0.840. The van der Waals surface area contributed by atoms with Gasteiger partial charge in [0.15, 0.2) is 0 Å². The van der Waals surface area contributed by atoms with Gasteiger partial charge in [-0.3, -0.25) is 4.79 Å². The van der Waals surface area contributed by atoms with Crippen LogP contribution in [0.4, 0.5) is 0 Å². The fourth-order valence-electron chi connectivity index (χ4n) is 1.24. The number of carbonyl (C=O) groups excluding carboxylic acids is 1. The standard InChI is InChI=1S/C11H12Cl2N2OS/c12-8-4-1-3-7(10(8)13)11(16)15-6-2-5-9(14)17/h1,3-4H,2,5-6H2,(H2,14,17)(H,15,16). The molecular formula is C11H12Cl2N2OS. The average molecular weight is 291 g/mol. The van der Waals surface area contributed by atoms with Gasteiger partial charge in [-0.2, -0.15) is 0 Å². The van der Waals surface area contributed by atoms with E-state index in [1.165, 1.54) is 0 Å². The van der Waals surface area contributed by atoms with Crippen LogP contribution in [0.25, 0.3) is 0 Å². The van der Waals surface area contributed by atoms with Crippen LogP contribution in [0.2, 0.25) is 10.0 Å². The molecule has 0 heterocycles. The van der Waals surface area contributed by atoms with E-state index >= 15 is 0 Å². The SMILES string of the molecule is NC(=S)CCCNC(=O)c1cccc(Cl)c1Cl. The summed E-state index contributed by atoms with van der Waals surface area (Å²) in [7, 11) is 0. The molecule has 0 atom stereocenters. The zero-order chi connectivity index (χ0) is 12.8. The summed E-state index contributed by atoms with van der Waals surface area (Å²) in [4.78, 5) is 12.2. The van der Waals surface area contributed by atoms with Gasteiger partial charge in [-0.05, 0) is 25.0 Å². The molecular weight excluding hydrogens is 279 g/mol. The van der Waals surface area contributed by atoms with E-state index in [0.717, 1.165) is 0 Å². The van der Waals surface area contributed by atoms with E-state index in [1.807, 2.05) is 0 Å². The van der Waals surface area contributed by atoms with Crippen molar-refractivity contribution in [2.75, 3.05) is 6.54 Å². The Morgan fingerprint density at radius 1 is 1.41 bits per heavy atom. The molecule has 17 heavy (non-hydrogen) atoms. The summed E-state index contributed by atoms with van der Waals surface area (Å²) >= 11 is 16.5. The molecule has 6 heteroatoms. The number of benzene rings is 1. The summed E-state index contributed by atoms with van der Waals surface area (Å²) in [5, 5.41) is 3.35. The predicted molar refractivity (Wildman–Crippen MR) is 74.8 cm³/mol. The summed E-state index contributed by atoms with van der Waals surface area (Å²) in [6.45, 7) is 0.499. The van der Waals surface area contributed by atoms with E-state index in [0.29, 0.717) is 35.0 Å². The van der Waals surface area contributed by atoms with E-state index in [1.54, 1.807) is 18.2 Å². The molecule has 0 saturated heterocycles. The van der Waals surface area contributed by atoms with Crippen molar-refractivity contribution in [1.82, 2.24) is 5.32 Å². The molecule has 1 rings (SSSR count). The molecule has 0 aromatic heterocycles. The van der Waals surface area contributed by atoms with Crippen LogP contribution >= 0.6 is 35.4 Å². The second kappa shape index (κ2) is 6.79.